The van der Waals surface area contributed by atoms with Crippen LogP contribution in [-0.2, 0) is 0 Å². The summed E-state index contributed by atoms with van der Waals surface area (Å²) in [5.74, 6) is 0. The summed E-state index contributed by atoms with van der Waals surface area (Å²) in [6, 6.07) is 0. The molecule has 0 spiro atoms. The van der Waals surface area contributed by atoms with Crippen molar-refractivity contribution in [1.29, 1.82) is 0 Å². The maximum Gasteiger partial charge on any atom is 0.111 e. The van der Waals surface area contributed by atoms with Crippen LogP contribution in [0.2, 0.25) is 0 Å². The van der Waals surface area contributed by atoms with Gasteiger partial charge in [-0.25, -0.2) is 0 Å². The van der Waals surface area contributed by atoms with E-state index < -0.39 is 35.8 Å². The summed E-state index contributed by atoms with van der Waals surface area (Å²) >= 11 is 3.78. The zero-order chi connectivity index (χ0) is 9.46. The lowest BCUT2D eigenvalue weighted by atomic mass is 9.87. The number of rotatable bonds is 0. The van der Waals surface area contributed by atoms with Gasteiger partial charge in [-0.05, 0) is 0 Å². The maximum atomic E-state index is 9.15. The van der Waals surface area contributed by atoms with E-state index in [0.717, 1.165) is 0 Å². The minimum absolute atomic E-state index is 0.946. The highest BCUT2D eigenvalue weighted by molar-refractivity contribution is 7.81. The van der Waals surface area contributed by atoms with Gasteiger partial charge in [0.1, 0.15) is 18.3 Å². The second-order valence-corrected chi connectivity index (χ2v) is 3.54. The van der Waals surface area contributed by atoms with Crippen molar-refractivity contribution in [2.75, 3.05) is 0 Å². The molecule has 5 N–H and O–H groups in total. The molecule has 4 atom stereocenters. The number of aliphatic hydroxyl groups is 5. The molecule has 0 aliphatic heterocycles. The third-order valence-corrected chi connectivity index (χ3v) is 2.71. The highest BCUT2D eigenvalue weighted by Crippen LogP contribution is 2.24. The second-order valence-electron chi connectivity index (χ2n) is 2.94. The fourth-order valence-corrected chi connectivity index (χ4v) is 1.56. The zero-order valence-corrected chi connectivity index (χ0v) is 7.04. The van der Waals surface area contributed by atoms with E-state index in [9.17, 15) is 0 Å². The largest absolute Gasteiger partial charge is 0.389 e. The van der Waals surface area contributed by atoms with Crippen molar-refractivity contribution in [3.8, 4) is 0 Å². The first-order valence-electron chi connectivity index (χ1n) is 3.55. The molecule has 0 amide bonds. The fraction of sp³-hybridized carbons (Fsp3) is 1.00. The highest BCUT2D eigenvalue weighted by Gasteiger charge is 2.46. The van der Waals surface area contributed by atoms with Crippen LogP contribution >= 0.6 is 12.6 Å². The fourth-order valence-electron chi connectivity index (χ4n) is 1.21. The number of hydrogen-bond donors (Lipinski definition) is 6. The number of aliphatic hydroxyl groups excluding tert-OH is 5. The van der Waals surface area contributed by atoms with E-state index >= 15 is 0 Å². The molecule has 1 aliphatic carbocycles. The lowest BCUT2D eigenvalue weighted by molar-refractivity contribution is -0.172. The standard InChI is InChI=1S/C6H12O5S/c7-1-2(8)4(10)6(12)5(11)3(1)9/h1-12H. The van der Waals surface area contributed by atoms with Crippen LogP contribution < -0.4 is 0 Å². The third kappa shape index (κ3) is 1.46. The van der Waals surface area contributed by atoms with Crippen molar-refractivity contribution in [2.45, 2.75) is 35.8 Å². The first-order chi connectivity index (χ1) is 5.46. The Kier molecular flexibility index (Phi) is 2.97. The van der Waals surface area contributed by atoms with Gasteiger partial charge < -0.3 is 25.5 Å². The van der Waals surface area contributed by atoms with Crippen molar-refractivity contribution in [1.82, 2.24) is 0 Å². The Morgan fingerprint density at radius 2 is 0.833 bits per heavy atom. The van der Waals surface area contributed by atoms with Crippen LogP contribution in [0.15, 0.2) is 0 Å². The molecule has 1 rings (SSSR count). The Labute approximate surface area is 74.7 Å². The molecule has 0 saturated heterocycles. The van der Waals surface area contributed by atoms with Gasteiger partial charge in [-0.3, -0.25) is 0 Å². The Balaban J connectivity index is 2.76. The van der Waals surface area contributed by atoms with Gasteiger partial charge in [0, 0.05) is 0 Å². The molecule has 1 saturated carbocycles. The molecule has 72 valence electrons. The van der Waals surface area contributed by atoms with Crippen LogP contribution in [0.25, 0.3) is 0 Å². The van der Waals surface area contributed by atoms with E-state index in [1.54, 1.807) is 0 Å². The first-order valence-corrected chi connectivity index (χ1v) is 4.07. The van der Waals surface area contributed by atoms with E-state index in [-0.39, 0.29) is 0 Å². The minimum Gasteiger partial charge on any atom is -0.389 e. The lowest BCUT2D eigenvalue weighted by Crippen LogP contribution is -2.61. The molecule has 1 fully saturated rings. The van der Waals surface area contributed by atoms with Crippen molar-refractivity contribution in [2.24, 2.45) is 0 Å². The second kappa shape index (κ2) is 3.49. The average Bonchev–Trinajstić information content (AvgIpc) is 2.08. The quantitative estimate of drug-likeness (QED) is 0.233. The minimum atomic E-state index is -1.53. The van der Waals surface area contributed by atoms with E-state index in [2.05, 4.69) is 12.6 Å². The molecule has 0 bridgehead atoms. The van der Waals surface area contributed by atoms with E-state index in [1.807, 2.05) is 0 Å². The van der Waals surface area contributed by atoms with Gasteiger partial charge in [0.05, 0.1) is 17.5 Å². The molecule has 0 aromatic rings. The van der Waals surface area contributed by atoms with Gasteiger partial charge in [-0.1, -0.05) is 0 Å². The predicted octanol–water partition coefficient (Wildman–Crippen LogP) is -2.90. The summed E-state index contributed by atoms with van der Waals surface area (Å²) in [6.07, 6.45) is -7.13. The predicted molar refractivity (Wildman–Crippen MR) is 42.8 cm³/mol. The monoisotopic (exact) mass is 196 g/mol. The van der Waals surface area contributed by atoms with E-state index in [1.165, 1.54) is 0 Å². The van der Waals surface area contributed by atoms with Crippen molar-refractivity contribution < 1.29 is 25.5 Å². The van der Waals surface area contributed by atoms with Crippen LogP contribution in [0.1, 0.15) is 0 Å². The van der Waals surface area contributed by atoms with Gasteiger partial charge in [0.25, 0.3) is 0 Å². The molecule has 0 heterocycles. The topological polar surface area (TPSA) is 101 Å². The van der Waals surface area contributed by atoms with Crippen LogP contribution in [-0.4, -0.2) is 61.3 Å². The molecule has 4 unspecified atom stereocenters. The SMILES string of the molecule is OC1C(O)C(O)C(S)C(O)C1O. The van der Waals surface area contributed by atoms with Gasteiger partial charge in [0.15, 0.2) is 0 Å². The van der Waals surface area contributed by atoms with Gasteiger partial charge >= 0.3 is 0 Å². The highest BCUT2D eigenvalue weighted by atomic mass is 32.1. The maximum absolute atomic E-state index is 9.15. The summed E-state index contributed by atoms with van der Waals surface area (Å²) in [5, 5.41) is 44.6. The molecule has 0 aromatic heterocycles. The molecule has 0 aromatic carbocycles. The molecule has 6 heteroatoms. The Morgan fingerprint density at radius 3 is 1.17 bits per heavy atom. The van der Waals surface area contributed by atoms with Crippen molar-refractivity contribution >= 4 is 12.6 Å². The molecular formula is C6H12O5S. The van der Waals surface area contributed by atoms with E-state index in [0.29, 0.717) is 0 Å². The lowest BCUT2D eigenvalue weighted by Gasteiger charge is -2.39. The van der Waals surface area contributed by atoms with Gasteiger partial charge in [0.2, 0.25) is 0 Å². The third-order valence-electron chi connectivity index (χ3n) is 2.10. The van der Waals surface area contributed by atoms with Crippen LogP contribution in [0.5, 0.6) is 0 Å². The molecule has 12 heavy (non-hydrogen) atoms. The Bertz CT molecular complexity index is 107. The summed E-state index contributed by atoms with van der Waals surface area (Å²) in [6.45, 7) is 0. The normalized spacial score (nSPS) is 55.5. The molecule has 0 radical (unpaired) electrons. The summed E-state index contributed by atoms with van der Waals surface area (Å²) in [5.41, 5.74) is 0. The Morgan fingerprint density at radius 1 is 0.583 bits per heavy atom. The van der Waals surface area contributed by atoms with Gasteiger partial charge in [-0.15, -0.1) is 0 Å². The average molecular weight is 196 g/mol. The van der Waals surface area contributed by atoms with Crippen LogP contribution in [0, 0.1) is 0 Å². The Hall–Kier alpha value is 0.150. The molecule has 1 aliphatic rings. The van der Waals surface area contributed by atoms with Crippen molar-refractivity contribution in [3.63, 3.8) is 0 Å². The summed E-state index contributed by atoms with van der Waals surface area (Å²) in [4.78, 5) is 0. The zero-order valence-electron chi connectivity index (χ0n) is 6.15. The number of thiol groups is 1. The number of hydrogen-bond acceptors (Lipinski definition) is 6. The van der Waals surface area contributed by atoms with Crippen LogP contribution in [0.4, 0.5) is 0 Å². The summed E-state index contributed by atoms with van der Waals surface area (Å²) < 4.78 is 0. The smallest absolute Gasteiger partial charge is 0.111 e. The first kappa shape index (κ1) is 10.2. The molecule has 5 nitrogen and oxygen atoms in total. The van der Waals surface area contributed by atoms with Gasteiger partial charge in [-0.2, -0.15) is 12.6 Å². The molecular weight excluding hydrogens is 184 g/mol. The van der Waals surface area contributed by atoms with E-state index in [4.69, 9.17) is 25.5 Å². The van der Waals surface area contributed by atoms with Crippen molar-refractivity contribution in [3.05, 3.63) is 0 Å². The van der Waals surface area contributed by atoms with Crippen LogP contribution in [0.3, 0.4) is 0 Å². The summed E-state index contributed by atoms with van der Waals surface area (Å²) in [7, 11) is 0.